The molecule has 0 fully saturated rings. The van der Waals surface area contributed by atoms with Crippen LogP contribution in [0.1, 0.15) is 35.1 Å². The summed E-state index contributed by atoms with van der Waals surface area (Å²) in [4.78, 5) is 5.06. The Morgan fingerprint density at radius 3 is 2.24 bits per heavy atom. The third-order valence-electron chi connectivity index (χ3n) is 9.92. The third-order valence-corrected chi connectivity index (χ3v) is 9.92. The Kier molecular flexibility index (Phi) is 6.04. The molecule has 0 bridgehead atoms. The quantitative estimate of drug-likeness (QED) is 0.200. The minimum Gasteiger partial charge on any atom is -0.292 e. The molecule has 2 aliphatic rings. The van der Waals surface area contributed by atoms with Crippen LogP contribution in [0, 0.1) is 5.41 Å². The number of rotatable bonds is 4. The molecule has 2 atom stereocenters. The van der Waals surface area contributed by atoms with Crippen LogP contribution in [-0.4, -0.2) is 9.55 Å². The van der Waals surface area contributed by atoms with Gasteiger partial charge in [-0.3, -0.25) is 4.57 Å². The van der Waals surface area contributed by atoms with Gasteiger partial charge in [-0.05, 0) is 68.4 Å². The zero-order valence-corrected chi connectivity index (χ0v) is 25.6. The van der Waals surface area contributed by atoms with Gasteiger partial charge in [-0.15, -0.1) is 0 Å². The number of imidazole rings is 1. The summed E-state index contributed by atoms with van der Waals surface area (Å²) < 4.78 is 2.28. The van der Waals surface area contributed by atoms with Crippen LogP contribution in [0.25, 0.3) is 44.5 Å². The number of hydrogen-bond donors (Lipinski definition) is 0. The molecule has 6 aromatic carbocycles. The fourth-order valence-electron chi connectivity index (χ4n) is 7.80. The lowest BCUT2D eigenvalue weighted by Gasteiger charge is -2.45. The first-order chi connectivity index (χ1) is 22.7. The van der Waals surface area contributed by atoms with Crippen molar-refractivity contribution < 1.29 is 0 Å². The molecule has 1 aromatic heterocycles. The number of aromatic nitrogens is 2. The first kappa shape index (κ1) is 26.7. The smallest absolute Gasteiger partial charge is 0.145 e. The van der Waals surface area contributed by atoms with E-state index >= 15 is 0 Å². The second kappa shape index (κ2) is 10.4. The van der Waals surface area contributed by atoms with Gasteiger partial charge in [-0.1, -0.05) is 153 Å². The van der Waals surface area contributed by atoms with Crippen molar-refractivity contribution in [2.24, 2.45) is 5.41 Å². The molecule has 0 radical (unpaired) electrons. The van der Waals surface area contributed by atoms with Crippen LogP contribution >= 0.6 is 0 Å². The van der Waals surface area contributed by atoms with Crippen molar-refractivity contribution in [3.63, 3.8) is 0 Å². The zero-order valence-electron chi connectivity index (χ0n) is 25.6. The molecule has 2 unspecified atom stereocenters. The van der Waals surface area contributed by atoms with Crippen LogP contribution < -0.4 is 0 Å². The molecule has 2 nitrogen and oxygen atoms in total. The average molecular weight is 589 g/mol. The minimum atomic E-state index is -0.208. The predicted molar refractivity (Wildman–Crippen MR) is 191 cm³/mol. The maximum Gasteiger partial charge on any atom is 0.145 e. The SMILES string of the molecule is CC12C=CC=CC1=C(c1ccc(-n3c(-c4ccccc4)nc4ccccc43)cc1)c1ccccc1C2c1ccc2ccccc2c1. The van der Waals surface area contributed by atoms with E-state index < -0.39 is 0 Å². The van der Waals surface area contributed by atoms with Gasteiger partial charge < -0.3 is 0 Å². The summed E-state index contributed by atoms with van der Waals surface area (Å²) in [5, 5.41) is 2.56. The Hall–Kier alpha value is -5.73. The van der Waals surface area contributed by atoms with Gasteiger partial charge in [0, 0.05) is 22.6 Å². The summed E-state index contributed by atoms with van der Waals surface area (Å²) >= 11 is 0. The molecule has 46 heavy (non-hydrogen) atoms. The van der Waals surface area contributed by atoms with Gasteiger partial charge in [-0.2, -0.15) is 0 Å². The van der Waals surface area contributed by atoms with E-state index in [0.29, 0.717) is 0 Å². The highest BCUT2D eigenvalue weighted by molar-refractivity contribution is 5.91. The Morgan fingerprint density at radius 1 is 0.630 bits per heavy atom. The summed E-state index contributed by atoms with van der Waals surface area (Å²) in [6.45, 7) is 2.41. The van der Waals surface area contributed by atoms with Gasteiger partial charge in [-0.25, -0.2) is 4.98 Å². The lowest BCUT2D eigenvalue weighted by atomic mass is 9.58. The van der Waals surface area contributed by atoms with Crippen molar-refractivity contribution in [2.75, 3.05) is 0 Å². The van der Waals surface area contributed by atoms with Gasteiger partial charge in [0.05, 0.1) is 11.0 Å². The second-order valence-corrected chi connectivity index (χ2v) is 12.6. The van der Waals surface area contributed by atoms with Crippen LogP contribution in [0.4, 0.5) is 0 Å². The molecule has 0 saturated heterocycles. The molecule has 0 N–H and O–H groups in total. The van der Waals surface area contributed by atoms with E-state index in [1.165, 1.54) is 44.2 Å². The molecule has 0 aliphatic heterocycles. The third kappa shape index (κ3) is 4.07. The Balaban J connectivity index is 1.21. The fraction of sp³-hybridized carbons (Fsp3) is 0.0682. The highest BCUT2D eigenvalue weighted by Gasteiger charge is 2.44. The van der Waals surface area contributed by atoms with E-state index in [1.54, 1.807) is 0 Å². The van der Waals surface area contributed by atoms with Gasteiger partial charge in [0.1, 0.15) is 5.82 Å². The molecule has 2 aliphatic carbocycles. The van der Waals surface area contributed by atoms with Crippen LogP contribution in [-0.2, 0) is 0 Å². The molecule has 0 amide bonds. The van der Waals surface area contributed by atoms with Crippen molar-refractivity contribution in [3.8, 4) is 17.1 Å². The lowest BCUT2D eigenvalue weighted by molar-refractivity contribution is 0.449. The molecular formula is C44H32N2. The topological polar surface area (TPSA) is 17.8 Å². The van der Waals surface area contributed by atoms with Crippen LogP contribution in [0.3, 0.4) is 0 Å². The summed E-state index contributed by atoms with van der Waals surface area (Å²) in [5.74, 6) is 1.14. The van der Waals surface area contributed by atoms with Crippen LogP contribution in [0.2, 0.25) is 0 Å². The maximum atomic E-state index is 5.06. The molecule has 7 aromatic rings. The number of fused-ring (bicyclic) bond motifs is 4. The van der Waals surface area contributed by atoms with Crippen LogP contribution in [0.5, 0.6) is 0 Å². The largest absolute Gasteiger partial charge is 0.292 e. The molecular weight excluding hydrogens is 556 g/mol. The van der Waals surface area contributed by atoms with Crippen molar-refractivity contribution in [1.29, 1.82) is 0 Å². The lowest BCUT2D eigenvalue weighted by Crippen LogP contribution is -2.32. The molecule has 218 valence electrons. The average Bonchev–Trinajstić information content (AvgIpc) is 3.50. The summed E-state index contributed by atoms with van der Waals surface area (Å²) in [5.41, 5.74) is 12.0. The number of nitrogens with zero attached hydrogens (tertiary/aromatic N) is 2. The zero-order chi connectivity index (χ0) is 30.7. The van der Waals surface area contributed by atoms with Gasteiger partial charge in [0.25, 0.3) is 0 Å². The fourth-order valence-corrected chi connectivity index (χ4v) is 7.80. The van der Waals surface area contributed by atoms with E-state index in [2.05, 4.69) is 181 Å². The van der Waals surface area contributed by atoms with E-state index in [-0.39, 0.29) is 11.3 Å². The predicted octanol–water partition coefficient (Wildman–Crippen LogP) is 10.9. The van der Waals surface area contributed by atoms with Crippen molar-refractivity contribution in [2.45, 2.75) is 12.8 Å². The first-order valence-corrected chi connectivity index (χ1v) is 16.0. The highest BCUT2D eigenvalue weighted by Crippen LogP contribution is 2.57. The minimum absolute atomic E-state index is 0.193. The number of benzene rings is 6. The normalized spacial score (nSPS) is 18.6. The Bertz CT molecular complexity index is 2370. The Morgan fingerprint density at radius 2 is 1.37 bits per heavy atom. The van der Waals surface area contributed by atoms with E-state index in [9.17, 15) is 0 Å². The van der Waals surface area contributed by atoms with Crippen LogP contribution in [0.15, 0.2) is 175 Å². The van der Waals surface area contributed by atoms with Gasteiger partial charge in [0.15, 0.2) is 0 Å². The van der Waals surface area contributed by atoms with E-state index in [4.69, 9.17) is 4.98 Å². The second-order valence-electron chi connectivity index (χ2n) is 12.6. The van der Waals surface area contributed by atoms with E-state index in [0.717, 1.165) is 28.1 Å². The Labute approximate surface area is 269 Å². The molecule has 1 heterocycles. The number of para-hydroxylation sites is 2. The summed E-state index contributed by atoms with van der Waals surface area (Å²) in [6.07, 6.45) is 9.17. The summed E-state index contributed by atoms with van der Waals surface area (Å²) in [6, 6.07) is 52.6. The summed E-state index contributed by atoms with van der Waals surface area (Å²) in [7, 11) is 0. The van der Waals surface area contributed by atoms with Crippen molar-refractivity contribution in [3.05, 3.63) is 198 Å². The number of hydrogen-bond acceptors (Lipinski definition) is 1. The maximum absolute atomic E-state index is 5.06. The standard InChI is InChI=1S/C44H32N2/c1-44-28-12-11-19-38(44)41(36-17-7-8-18-37(36)42(44)34-23-22-30-13-5-6-16-33(30)29-34)31-24-26-35(27-25-31)46-40-21-10-9-20-39(40)45-43(46)32-14-3-2-4-15-32/h2-29,42H,1H3. The molecule has 2 heteroatoms. The van der Waals surface area contributed by atoms with Gasteiger partial charge in [0.2, 0.25) is 0 Å². The first-order valence-electron chi connectivity index (χ1n) is 16.0. The van der Waals surface area contributed by atoms with Crippen molar-refractivity contribution in [1.82, 2.24) is 9.55 Å². The monoisotopic (exact) mass is 588 g/mol. The van der Waals surface area contributed by atoms with Gasteiger partial charge >= 0.3 is 0 Å². The van der Waals surface area contributed by atoms with E-state index in [1.807, 2.05) is 0 Å². The van der Waals surface area contributed by atoms with Crippen molar-refractivity contribution >= 4 is 27.4 Å². The molecule has 0 spiro atoms. The molecule has 9 rings (SSSR count). The molecule has 0 saturated carbocycles. The highest BCUT2D eigenvalue weighted by atomic mass is 15.1. The number of allylic oxidation sites excluding steroid dienone is 5.